The van der Waals surface area contributed by atoms with Crippen molar-refractivity contribution < 1.29 is 9.90 Å². The molecule has 0 aliphatic carbocycles. The fourth-order valence-electron chi connectivity index (χ4n) is 0.972. The van der Waals surface area contributed by atoms with Crippen LogP contribution < -0.4 is 5.73 Å². The van der Waals surface area contributed by atoms with Gasteiger partial charge in [0.25, 0.3) is 0 Å². The summed E-state index contributed by atoms with van der Waals surface area (Å²) in [6.45, 7) is 0. The van der Waals surface area contributed by atoms with E-state index in [0.29, 0.717) is 12.2 Å². The van der Waals surface area contributed by atoms with Gasteiger partial charge in [-0.05, 0) is 12.2 Å². The first-order valence-electron chi connectivity index (χ1n) is 4.51. The van der Waals surface area contributed by atoms with Crippen LogP contribution in [0.1, 0.15) is 12.1 Å². The lowest BCUT2D eigenvalue weighted by Crippen LogP contribution is -2.30. The van der Waals surface area contributed by atoms with Gasteiger partial charge in [-0.2, -0.15) is 11.8 Å². The van der Waals surface area contributed by atoms with E-state index in [0.717, 1.165) is 11.4 Å². The Morgan fingerprint density at radius 3 is 3.07 bits per heavy atom. The van der Waals surface area contributed by atoms with Gasteiger partial charge in [-0.15, -0.1) is 5.10 Å². The first-order chi connectivity index (χ1) is 7.09. The summed E-state index contributed by atoms with van der Waals surface area (Å²) in [4.78, 5) is 10.4. The highest BCUT2D eigenvalue weighted by Gasteiger charge is 2.10. The zero-order chi connectivity index (χ0) is 11.3. The molecule has 0 aliphatic heterocycles. The fourth-order valence-corrected chi connectivity index (χ4v) is 1.88. The van der Waals surface area contributed by atoms with Gasteiger partial charge in [0, 0.05) is 19.0 Å². The molecule has 1 atom stereocenters. The summed E-state index contributed by atoms with van der Waals surface area (Å²) >= 11 is 1.61. The average molecular weight is 230 g/mol. The number of aliphatic carboxylic acids is 1. The second-order valence-corrected chi connectivity index (χ2v) is 4.27. The zero-order valence-corrected chi connectivity index (χ0v) is 9.28. The summed E-state index contributed by atoms with van der Waals surface area (Å²) < 4.78 is 1.64. The van der Waals surface area contributed by atoms with Crippen LogP contribution in [-0.2, 0) is 17.6 Å². The van der Waals surface area contributed by atoms with Crippen LogP contribution in [0.2, 0.25) is 0 Å². The number of aromatic nitrogens is 3. The van der Waals surface area contributed by atoms with E-state index in [1.54, 1.807) is 16.4 Å². The number of thioether (sulfide) groups is 1. The van der Waals surface area contributed by atoms with E-state index >= 15 is 0 Å². The molecule has 0 bridgehead atoms. The van der Waals surface area contributed by atoms with Gasteiger partial charge >= 0.3 is 5.97 Å². The van der Waals surface area contributed by atoms with Gasteiger partial charge in [0.2, 0.25) is 0 Å². The van der Waals surface area contributed by atoms with E-state index < -0.39 is 12.0 Å². The minimum Gasteiger partial charge on any atom is -0.480 e. The molecule has 0 saturated heterocycles. The largest absolute Gasteiger partial charge is 0.480 e. The molecule has 1 rings (SSSR count). The number of nitrogens with two attached hydrogens (primary N) is 1. The van der Waals surface area contributed by atoms with E-state index in [-0.39, 0.29) is 0 Å². The summed E-state index contributed by atoms with van der Waals surface area (Å²) in [6, 6.07) is -0.764. The number of carbonyl (C=O) groups is 1. The van der Waals surface area contributed by atoms with E-state index in [1.165, 1.54) is 0 Å². The number of rotatable bonds is 6. The first-order valence-corrected chi connectivity index (χ1v) is 5.66. The molecule has 0 amide bonds. The smallest absolute Gasteiger partial charge is 0.320 e. The Morgan fingerprint density at radius 2 is 2.53 bits per heavy atom. The molecule has 0 radical (unpaired) electrons. The molecular weight excluding hydrogens is 216 g/mol. The lowest BCUT2D eigenvalue weighted by molar-refractivity contribution is -0.138. The summed E-state index contributed by atoms with van der Waals surface area (Å²) in [5.41, 5.74) is 6.25. The van der Waals surface area contributed by atoms with Crippen molar-refractivity contribution in [2.45, 2.75) is 18.2 Å². The minimum absolute atomic E-state index is 0.472. The highest BCUT2D eigenvalue weighted by molar-refractivity contribution is 7.98. The first kappa shape index (κ1) is 12.0. The number of aryl methyl sites for hydroxylation is 1. The molecule has 1 aromatic heterocycles. The highest BCUT2D eigenvalue weighted by Crippen LogP contribution is 2.10. The maximum atomic E-state index is 10.4. The van der Waals surface area contributed by atoms with Crippen molar-refractivity contribution in [3.8, 4) is 0 Å². The monoisotopic (exact) mass is 230 g/mol. The molecule has 0 spiro atoms. The van der Waals surface area contributed by atoms with Gasteiger partial charge in [0.15, 0.2) is 0 Å². The number of nitrogens with zero attached hydrogens (tertiary/aromatic N) is 3. The predicted molar refractivity (Wildman–Crippen MR) is 57.4 cm³/mol. The number of hydrogen-bond donors (Lipinski definition) is 2. The molecule has 0 saturated carbocycles. The van der Waals surface area contributed by atoms with Crippen molar-refractivity contribution in [1.29, 1.82) is 0 Å². The Kier molecular flexibility index (Phi) is 4.57. The van der Waals surface area contributed by atoms with Crippen molar-refractivity contribution >= 4 is 17.7 Å². The second-order valence-electron chi connectivity index (χ2n) is 3.17. The maximum absolute atomic E-state index is 10.4. The molecule has 1 unspecified atom stereocenters. The number of hydrogen-bond acceptors (Lipinski definition) is 5. The van der Waals surface area contributed by atoms with E-state index in [4.69, 9.17) is 10.8 Å². The fraction of sp³-hybridized carbons (Fsp3) is 0.625. The Hall–Kier alpha value is -1.08. The van der Waals surface area contributed by atoms with Crippen LogP contribution in [0.15, 0.2) is 6.20 Å². The standard InChI is InChI=1S/C8H14N4O2S/c1-12-4-6(10-11-12)5-15-3-2-7(9)8(13)14/h4,7H,2-3,5,9H2,1H3,(H,13,14). The molecule has 15 heavy (non-hydrogen) atoms. The normalized spacial score (nSPS) is 12.7. The van der Waals surface area contributed by atoms with Crippen molar-refractivity contribution in [3.63, 3.8) is 0 Å². The molecule has 84 valence electrons. The lowest BCUT2D eigenvalue weighted by Gasteiger charge is -2.04. The topological polar surface area (TPSA) is 94.0 Å². The van der Waals surface area contributed by atoms with Crippen LogP contribution in [0, 0.1) is 0 Å². The van der Waals surface area contributed by atoms with Gasteiger partial charge in [-0.25, -0.2) is 0 Å². The Morgan fingerprint density at radius 1 is 1.80 bits per heavy atom. The van der Waals surface area contributed by atoms with Crippen LogP contribution in [0.4, 0.5) is 0 Å². The van der Waals surface area contributed by atoms with Crippen LogP contribution in [0.25, 0.3) is 0 Å². The molecule has 0 fully saturated rings. The highest BCUT2D eigenvalue weighted by atomic mass is 32.2. The van der Waals surface area contributed by atoms with Gasteiger partial charge in [-0.3, -0.25) is 9.48 Å². The van der Waals surface area contributed by atoms with Crippen LogP contribution >= 0.6 is 11.8 Å². The van der Waals surface area contributed by atoms with Crippen LogP contribution in [0.5, 0.6) is 0 Å². The lowest BCUT2D eigenvalue weighted by atomic mass is 10.2. The van der Waals surface area contributed by atoms with Crippen molar-refractivity contribution in [1.82, 2.24) is 15.0 Å². The van der Waals surface area contributed by atoms with Gasteiger partial charge in [0.1, 0.15) is 6.04 Å². The Labute approximate surface area is 91.8 Å². The van der Waals surface area contributed by atoms with E-state index in [9.17, 15) is 4.79 Å². The molecule has 0 aliphatic rings. The maximum Gasteiger partial charge on any atom is 0.320 e. The van der Waals surface area contributed by atoms with E-state index in [1.807, 2.05) is 13.2 Å². The predicted octanol–water partition coefficient (Wildman–Crippen LogP) is -0.150. The quantitative estimate of drug-likeness (QED) is 0.660. The van der Waals surface area contributed by atoms with Crippen LogP contribution in [0.3, 0.4) is 0 Å². The van der Waals surface area contributed by atoms with Crippen LogP contribution in [-0.4, -0.2) is 37.9 Å². The summed E-state index contributed by atoms with van der Waals surface area (Å²) in [6.07, 6.45) is 2.31. The van der Waals surface area contributed by atoms with Crippen molar-refractivity contribution in [2.75, 3.05) is 5.75 Å². The Bertz CT molecular complexity index is 328. The van der Waals surface area contributed by atoms with Gasteiger partial charge < -0.3 is 10.8 Å². The zero-order valence-electron chi connectivity index (χ0n) is 8.46. The van der Waals surface area contributed by atoms with E-state index in [2.05, 4.69) is 10.3 Å². The molecule has 7 heteroatoms. The average Bonchev–Trinajstić information content (AvgIpc) is 2.58. The molecule has 6 nitrogen and oxygen atoms in total. The summed E-state index contributed by atoms with van der Waals surface area (Å²) in [5.74, 6) is 0.500. The third kappa shape index (κ3) is 4.30. The molecule has 0 aromatic carbocycles. The summed E-state index contributed by atoms with van der Waals surface area (Å²) in [7, 11) is 1.81. The van der Waals surface area contributed by atoms with Gasteiger partial charge in [-0.1, -0.05) is 5.21 Å². The number of carboxylic acid groups (broad SMARTS) is 1. The molecular formula is C8H14N4O2S. The third-order valence-electron chi connectivity index (χ3n) is 1.79. The molecule has 1 heterocycles. The molecule has 3 N–H and O–H groups in total. The second kappa shape index (κ2) is 5.72. The SMILES string of the molecule is Cn1cc(CSCCC(N)C(=O)O)nn1. The van der Waals surface area contributed by atoms with Gasteiger partial charge in [0.05, 0.1) is 5.69 Å². The van der Waals surface area contributed by atoms with Crippen molar-refractivity contribution in [3.05, 3.63) is 11.9 Å². The third-order valence-corrected chi connectivity index (χ3v) is 2.81. The Balaban J connectivity index is 2.14. The van der Waals surface area contributed by atoms with Crippen molar-refractivity contribution in [2.24, 2.45) is 12.8 Å². The summed E-state index contributed by atoms with van der Waals surface area (Å²) in [5, 5.41) is 16.2. The number of carboxylic acids is 1. The minimum atomic E-state index is -0.949. The molecule has 1 aromatic rings.